The van der Waals surface area contributed by atoms with E-state index < -0.39 is 5.97 Å². The van der Waals surface area contributed by atoms with Crippen LogP contribution in [0.2, 0.25) is 5.02 Å². The first-order valence-corrected chi connectivity index (χ1v) is 7.88. The monoisotopic (exact) mass is 331 g/mol. The molecule has 3 nitrogen and oxygen atoms in total. The van der Waals surface area contributed by atoms with Crippen LogP contribution in [-0.2, 0) is 9.53 Å². The number of hydrogen-bond donors (Lipinski definition) is 0. The summed E-state index contributed by atoms with van der Waals surface area (Å²) in [4.78, 5) is 13.6. The van der Waals surface area contributed by atoms with Crippen LogP contribution in [-0.4, -0.2) is 12.1 Å². The Kier molecular flexibility index (Phi) is 5.37. The number of carbonyl (C=O) groups is 1. The first kappa shape index (κ1) is 16.3. The summed E-state index contributed by atoms with van der Waals surface area (Å²) in [6.45, 7) is 3.49. The summed E-state index contributed by atoms with van der Waals surface area (Å²) in [6.07, 6.45) is 1.28. The van der Waals surface area contributed by atoms with E-state index >= 15 is 0 Å². The highest BCUT2D eigenvalue weighted by atomic mass is 35.5. The van der Waals surface area contributed by atoms with Gasteiger partial charge in [-0.2, -0.15) is 5.26 Å². The van der Waals surface area contributed by atoms with E-state index in [1.165, 1.54) is 17.4 Å². The van der Waals surface area contributed by atoms with Crippen molar-refractivity contribution in [3.05, 3.63) is 51.9 Å². The quantitative estimate of drug-likeness (QED) is 0.453. The third-order valence-corrected chi connectivity index (χ3v) is 4.13. The first-order chi connectivity index (χ1) is 10.5. The Labute approximate surface area is 138 Å². The van der Waals surface area contributed by atoms with Crippen molar-refractivity contribution in [1.29, 1.82) is 5.26 Å². The van der Waals surface area contributed by atoms with Crippen LogP contribution < -0.4 is 0 Å². The Morgan fingerprint density at radius 1 is 1.32 bits per heavy atom. The zero-order chi connectivity index (χ0) is 16.1. The van der Waals surface area contributed by atoms with Crippen molar-refractivity contribution in [2.45, 2.75) is 20.0 Å². The Morgan fingerprint density at radius 2 is 2.05 bits per heavy atom. The van der Waals surface area contributed by atoms with Gasteiger partial charge >= 0.3 is 5.97 Å². The normalized spacial score (nSPS) is 11.3. The van der Waals surface area contributed by atoms with E-state index in [4.69, 9.17) is 21.6 Å². The fourth-order valence-electron chi connectivity index (χ4n) is 1.79. The second-order valence-electron chi connectivity index (χ2n) is 4.81. The molecule has 0 radical (unpaired) electrons. The molecule has 2 rings (SSSR count). The van der Waals surface area contributed by atoms with Crippen LogP contribution in [0, 0.1) is 11.3 Å². The minimum atomic E-state index is -0.606. The summed E-state index contributed by atoms with van der Waals surface area (Å²) in [5.41, 5.74) is 0.915. The Hall–Kier alpha value is -2.09. The van der Waals surface area contributed by atoms with Gasteiger partial charge in [-0.25, -0.2) is 4.79 Å². The first-order valence-electron chi connectivity index (χ1n) is 6.68. The predicted octanol–water partition coefficient (Wildman–Crippen LogP) is 4.93. The van der Waals surface area contributed by atoms with Crippen molar-refractivity contribution < 1.29 is 9.53 Å². The number of carbonyl (C=O) groups excluding carboxylic acids is 1. The molecule has 0 unspecified atom stereocenters. The SMILES string of the molecule is CC(C)OC(=O)C(C#N)=Cc1ccc(-c2ccccc2Cl)s1. The number of nitriles is 1. The number of esters is 1. The number of ether oxygens (including phenoxy) is 1. The fraction of sp³-hybridized carbons (Fsp3) is 0.176. The Balaban J connectivity index is 2.28. The maximum Gasteiger partial charge on any atom is 0.349 e. The van der Waals surface area contributed by atoms with Crippen molar-refractivity contribution >= 4 is 35.0 Å². The number of hydrogen-bond acceptors (Lipinski definition) is 4. The molecule has 1 aromatic heterocycles. The molecule has 0 fully saturated rings. The zero-order valence-corrected chi connectivity index (χ0v) is 13.7. The molecule has 0 saturated carbocycles. The van der Waals surface area contributed by atoms with Gasteiger partial charge in [0.25, 0.3) is 0 Å². The van der Waals surface area contributed by atoms with Gasteiger partial charge < -0.3 is 4.74 Å². The van der Waals surface area contributed by atoms with E-state index in [9.17, 15) is 4.79 Å². The van der Waals surface area contributed by atoms with Crippen LogP contribution in [0.25, 0.3) is 16.5 Å². The van der Waals surface area contributed by atoms with Crippen LogP contribution in [0.15, 0.2) is 42.0 Å². The molecule has 0 bridgehead atoms. The van der Waals surface area contributed by atoms with Gasteiger partial charge in [0.05, 0.1) is 6.10 Å². The van der Waals surface area contributed by atoms with E-state index in [1.807, 2.05) is 42.5 Å². The average Bonchev–Trinajstić information content (AvgIpc) is 2.92. The van der Waals surface area contributed by atoms with Crippen LogP contribution in [0.1, 0.15) is 18.7 Å². The number of nitrogens with zero attached hydrogens (tertiary/aromatic N) is 1. The molecule has 0 spiro atoms. The lowest BCUT2D eigenvalue weighted by molar-refractivity contribution is -0.142. The molecule has 5 heteroatoms. The van der Waals surface area contributed by atoms with Crippen LogP contribution in [0.5, 0.6) is 0 Å². The summed E-state index contributed by atoms with van der Waals surface area (Å²) in [7, 11) is 0. The standard InChI is InChI=1S/C17H14ClNO2S/c1-11(2)21-17(20)12(10-19)9-13-7-8-16(22-13)14-5-3-4-6-15(14)18/h3-9,11H,1-2H3. The van der Waals surface area contributed by atoms with Gasteiger partial charge in [-0.3, -0.25) is 0 Å². The Morgan fingerprint density at radius 3 is 2.68 bits per heavy atom. The molecular weight excluding hydrogens is 318 g/mol. The molecule has 0 aliphatic carbocycles. The summed E-state index contributed by atoms with van der Waals surface area (Å²) in [6, 6.07) is 13.2. The Bertz CT molecular complexity index is 756. The van der Waals surface area contributed by atoms with Gasteiger partial charge in [-0.05, 0) is 38.1 Å². The largest absolute Gasteiger partial charge is 0.459 e. The molecule has 22 heavy (non-hydrogen) atoms. The van der Waals surface area contributed by atoms with E-state index in [1.54, 1.807) is 13.8 Å². The minimum Gasteiger partial charge on any atom is -0.459 e. The molecule has 1 aromatic carbocycles. The maximum atomic E-state index is 11.8. The third-order valence-electron chi connectivity index (χ3n) is 2.74. The summed E-state index contributed by atoms with van der Waals surface area (Å²) >= 11 is 7.63. The van der Waals surface area contributed by atoms with Crippen molar-refractivity contribution in [2.24, 2.45) is 0 Å². The topological polar surface area (TPSA) is 50.1 Å². The molecule has 2 aromatic rings. The van der Waals surface area contributed by atoms with Gasteiger partial charge in [0.2, 0.25) is 0 Å². The van der Waals surface area contributed by atoms with E-state index in [2.05, 4.69) is 0 Å². The highest BCUT2D eigenvalue weighted by molar-refractivity contribution is 7.16. The number of rotatable bonds is 4. The third kappa shape index (κ3) is 3.97. The molecule has 0 atom stereocenters. The molecule has 1 heterocycles. The summed E-state index contributed by atoms with van der Waals surface area (Å²) in [5, 5.41) is 9.77. The van der Waals surface area contributed by atoms with E-state index in [-0.39, 0.29) is 11.7 Å². The fourth-order valence-corrected chi connectivity index (χ4v) is 3.08. The van der Waals surface area contributed by atoms with E-state index in [0.717, 1.165) is 15.3 Å². The lowest BCUT2D eigenvalue weighted by Gasteiger charge is -2.05. The second kappa shape index (κ2) is 7.26. The van der Waals surface area contributed by atoms with Crippen molar-refractivity contribution in [3.63, 3.8) is 0 Å². The van der Waals surface area contributed by atoms with E-state index in [0.29, 0.717) is 5.02 Å². The second-order valence-corrected chi connectivity index (χ2v) is 6.33. The van der Waals surface area contributed by atoms with Gasteiger partial charge in [0, 0.05) is 20.3 Å². The molecule has 112 valence electrons. The molecular formula is C17H14ClNO2S. The van der Waals surface area contributed by atoms with Crippen LogP contribution >= 0.6 is 22.9 Å². The maximum absolute atomic E-state index is 11.8. The summed E-state index contributed by atoms with van der Waals surface area (Å²) in [5.74, 6) is -0.606. The summed E-state index contributed by atoms with van der Waals surface area (Å²) < 4.78 is 5.04. The number of thiophene rings is 1. The highest BCUT2D eigenvalue weighted by Gasteiger charge is 2.13. The minimum absolute atomic E-state index is 0.0127. The van der Waals surface area contributed by atoms with Crippen molar-refractivity contribution in [2.75, 3.05) is 0 Å². The van der Waals surface area contributed by atoms with Crippen LogP contribution in [0.3, 0.4) is 0 Å². The molecule has 0 amide bonds. The number of benzene rings is 1. The molecule has 0 aliphatic heterocycles. The lowest BCUT2D eigenvalue weighted by atomic mass is 10.2. The smallest absolute Gasteiger partial charge is 0.349 e. The average molecular weight is 332 g/mol. The highest BCUT2D eigenvalue weighted by Crippen LogP contribution is 2.33. The molecule has 0 N–H and O–H groups in total. The molecule has 0 saturated heterocycles. The van der Waals surface area contributed by atoms with Crippen molar-refractivity contribution in [1.82, 2.24) is 0 Å². The predicted molar refractivity (Wildman–Crippen MR) is 89.6 cm³/mol. The van der Waals surface area contributed by atoms with Gasteiger partial charge in [-0.1, -0.05) is 29.8 Å². The van der Waals surface area contributed by atoms with Gasteiger partial charge in [0.15, 0.2) is 0 Å². The number of halogens is 1. The lowest BCUT2D eigenvalue weighted by Crippen LogP contribution is -2.12. The zero-order valence-electron chi connectivity index (χ0n) is 12.2. The van der Waals surface area contributed by atoms with Crippen LogP contribution in [0.4, 0.5) is 0 Å². The van der Waals surface area contributed by atoms with Gasteiger partial charge in [-0.15, -0.1) is 11.3 Å². The molecule has 0 aliphatic rings. The van der Waals surface area contributed by atoms with Gasteiger partial charge in [0.1, 0.15) is 11.6 Å². The van der Waals surface area contributed by atoms with Crippen molar-refractivity contribution in [3.8, 4) is 16.5 Å².